The second-order valence-electron chi connectivity index (χ2n) is 4.67. The molecule has 0 saturated heterocycles. The second-order valence-corrected chi connectivity index (χ2v) is 4.67. The highest BCUT2D eigenvalue weighted by Gasteiger charge is 2.09. The van der Waals surface area contributed by atoms with Gasteiger partial charge in [-0.05, 0) is 12.8 Å². The van der Waals surface area contributed by atoms with E-state index >= 15 is 0 Å². The maximum absolute atomic E-state index is 11.2. The van der Waals surface area contributed by atoms with Crippen LogP contribution in [0.2, 0.25) is 0 Å². The number of hydrogen-bond donors (Lipinski definition) is 0. The van der Waals surface area contributed by atoms with Crippen LogP contribution < -0.4 is 0 Å². The number of unbranched alkanes of at least 4 members (excludes halogenated alkanes) is 5. The van der Waals surface area contributed by atoms with Gasteiger partial charge in [-0.3, -0.25) is 4.79 Å². The van der Waals surface area contributed by atoms with Gasteiger partial charge in [-0.25, -0.2) is 0 Å². The molecule has 0 aromatic heterocycles. The summed E-state index contributed by atoms with van der Waals surface area (Å²) >= 11 is 0. The fourth-order valence-electron chi connectivity index (χ4n) is 1.88. The Morgan fingerprint density at radius 3 is 2.31 bits per heavy atom. The van der Waals surface area contributed by atoms with Gasteiger partial charge in [0, 0.05) is 6.42 Å². The van der Waals surface area contributed by atoms with Crippen LogP contribution in [-0.2, 0) is 9.53 Å². The van der Waals surface area contributed by atoms with Gasteiger partial charge in [0.15, 0.2) is 0 Å². The third-order valence-electron chi connectivity index (χ3n) is 2.87. The molecule has 0 rings (SSSR count). The lowest BCUT2D eigenvalue weighted by Gasteiger charge is -2.10. The van der Waals surface area contributed by atoms with Gasteiger partial charge in [0.05, 0.1) is 6.61 Å². The van der Waals surface area contributed by atoms with Gasteiger partial charge in [0.1, 0.15) is 0 Å². The van der Waals surface area contributed by atoms with Crippen molar-refractivity contribution in [2.45, 2.75) is 72.1 Å². The Kier molecular flexibility index (Phi) is 10.6. The summed E-state index contributed by atoms with van der Waals surface area (Å²) in [7, 11) is 0. The molecule has 0 heterocycles. The van der Waals surface area contributed by atoms with E-state index in [0.29, 0.717) is 18.9 Å². The van der Waals surface area contributed by atoms with Gasteiger partial charge >= 0.3 is 5.97 Å². The minimum atomic E-state index is -0.0408. The van der Waals surface area contributed by atoms with E-state index in [4.69, 9.17) is 4.74 Å². The molecule has 0 saturated carbocycles. The maximum Gasteiger partial charge on any atom is 0.306 e. The summed E-state index contributed by atoms with van der Waals surface area (Å²) in [6, 6.07) is 0. The second kappa shape index (κ2) is 11.0. The van der Waals surface area contributed by atoms with Crippen molar-refractivity contribution in [2.24, 2.45) is 5.92 Å². The van der Waals surface area contributed by atoms with Crippen LogP contribution in [0.1, 0.15) is 72.1 Å². The number of rotatable bonds is 10. The van der Waals surface area contributed by atoms with Gasteiger partial charge in [-0.15, -0.1) is 0 Å². The van der Waals surface area contributed by atoms with Crippen LogP contribution in [0.4, 0.5) is 0 Å². The number of hydrogen-bond acceptors (Lipinski definition) is 2. The van der Waals surface area contributed by atoms with E-state index in [0.717, 1.165) is 6.42 Å². The molecule has 1 unspecified atom stereocenters. The number of ether oxygens (including phenoxy) is 1. The molecule has 2 nitrogen and oxygen atoms in total. The predicted octanol–water partition coefficient (Wildman–Crippen LogP) is 4.33. The van der Waals surface area contributed by atoms with E-state index in [9.17, 15) is 4.79 Å². The molecule has 0 radical (unpaired) electrons. The average molecular weight is 228 g/mol. The van der Waals surface area contributed by atoms with Crippen LogP contribution in [0.25, 0.3) is 0 Å². The topological polar surface area (TPSA) is 26.3 Å². The number of carbonyl (C=O) groups excluding carboxylic acids is 1. The monoisotopic (exact) mass is 228 g/mol. The molecule has 0 amide bonds. The van der Waals surface area contributed by atoms with Crippen LogP contribution >= 0.6 is 0 Å². The lowest BCUT2D eigenvalue weighted by molar-refractivity contribution is -0.144. The fraction of sp³-hybridized carbons (Fsp3) is 0.929. The molecule has 0 aliphatic rings. The standard InChI is InChI=1S/C14H28O2/c1-4-6-7-8-9-10-11-13(3)12-14(15)16-5-2/h13H,4-12H2,1-3H3. The predicted molar refractivity (Wildman–Crippen MR) is 68.4 cm³/mol. The Bertz CT molecular complexity index is 166. The highest BCUT2D eigenvalue weighted by atomic mass is 16.5. The van der Waals surface area contributed by atoms with Gasteiger partial charge in [-0.2, -0.15) is 0 Å². The minimum Gasteiger partial charge on any atom is -0.466 e. The molecule has 0 aromatic carbocycles. The van der Waals surface area contributed by atoms with Crippen molar-refractivity contribution >= 4 is 5.97 Å². The first-order valence-corrected chi connectivity index (χ1v) is 6.86. The van der Waals surface area contributed by atoms with Gasteiger partial charge in [-0.1, -0.05) is 58.8 Å². The Balaban J connectivity index is 3.29. The zero-order chi connectivity index (χ0) is 12.2. The van der Waals surface area contributed by atoms with E-state index in [1.807, 2.05) is 6.92 Å². The molecule has 0 aromatic rings. The lowest BCUT2D eigenvalue weighted by atomic mass is 9.99. The quantitative estimate of drug-likeness (QED) is 0.411. The first kappa shape index (κ1) is 15.5. The third-order valence-corrected chi connectivity index (χ3v) is 2.87. The summed E-state index contributed by atoms with van der Waals surface area (Å²) in [5.74, 6) is 0.436. The average Bonchev–Trinajstić information content (AvgIpc) is 2.23. The molecule has 0 aliphatic heterocycles. The Morgan fingerprint density at radius 2 is 1.69 bits per heavy atom. The Morgan fingerprint density at radius 1 is 1.06 bits per heavy atom. The Hall–Kier alpha value is -0.530. The Labute approximate surface area is 101 Å². The summed E-state index contributed by atoms with van der Waals surface area (Å²) < 4.78 is 4.93. The smallest absolute Gasteiger partial charge is 0.306 e. The molecular weight excluding hydrogens is 200 g/mol. The van der Waals surface area contributed by atoms with Crippen molar-refractivity contribution < 1.29 is 9.53 Å². The van der Waals surface area contributed by atoms with Crippen molar-refractivity contribution in [2.75, 3.05) is 6.61 Å². The summed E-state index contributed by atoms with van der Waals surface area (Å²) in [4.78, 5) is 11.2. The first-order chi connectivity index (χ1) is 7.70. The van der Waals surface area contributed by atoms with E-state index in [1.54, 1.807) is 0 Å². The van der Waals surface area contributed by atoms with Crippen molar-refractivity contribution in [3.8, 4) is 0 Å². The van der Waals surface area contributed by atoms with E-state index in [2.05, 4.69) is 13.8 Å². The van der Waals surface area contributed by atoms with Crippen LogP contribution in [0.15, 0.2) is 0 Å². The minimum absolute atomic E-state index is 0.0408. The molecule has 96 valence electrons. The largest absolute Gasteiger partial charge is 0.466 e. The number of esters is 1. The lowest BCUT2D eigenvalue weighted by Crippen LogP contribution is -2.09. The number of carbonyl (C=O) groups is 1. The zero-order valence-electron chi connectivity index (χ0n) is 11.3. The van der Waals surface area contributed by atoms with E-state index in [1.165, 1.54) is 38.5 Å². The van der Waals surface area contributed by atoms with Gasteiger partial charge in [0.2, 0.25) is 0 Å². The zero-order valence-corrected chi connectivity index (χ0v) is 11.3. The van der Waals surface area contributed by atoms with Gasteiger partial charge in [0.25, 0.3) is 0 Å². The molecule has 0 bridgehead atoms. The fourth-order valence-corrected chi connectivity index (χ4v) is 1.88. The van der Waals surface area contributed by atoms with Crippen LogP contribution in [0.5, 0.6) is 0 Å². The van der Waals surface area contributed by atoms with Crippen molar-refractivity contribution in [3.63, 3.8) is 0 Å². The first-order valence-electron chi connectivity index (χ1n) is 6.86. The van der Waals surface area contributed by atoms with E-state index in [-0.39, 0.29) is 5.97 Å². The molecule has 0 spiro atoms. The molecule has 1 atom stereocenters. The van der Waals surface area contributed by atoms with Gasteiger partial charge < -0.3 is 4.74 Å². The SMILES string of the molecule is CCCCCCCCC(C)CC(=O)OCC. The van der Waals surface area contributed by atoms with Crippen LogP contribution in [0.3, 0.4) is 0 Å². The summed E-state index contributed by atoms with van der Waals surface area (Å²) in [6.07, 6.45) is 9.69. The highest BCUT2D eigenvalue weighted by molar-refractivity contribution is 5.69. The molecule has 0 fully saturated rings. The summed E-state index contributed by atoms with van der Waals surface area (Å²) in [6.45, 7) is 6.74. The molecule has 0 aliphatic carbocycles. The molecule has 16 heavy (non-hydrogen) atoms. The van der Waals surface area contributed by atoms with Crippen LogP contribution in [0, 0.1) is 5.92 Å². The van der Waals surface area contributed by atoms with Crippen molar-refractivity contribution in [1.29, 1.82) is 0 Å². The van der Waals surface area contributed by atoms with Crippen molar-refractivity contribution in [3.05, 3.63) is 0 Å². The molecular formula is C14H28O2. The van der Waals surface area contributed by atoms with E-state index < -0.39 is 0 Å². The highest BCUT2D eigenvalue weighted by Crippen LogP contribution is 2.15. The summed E-state index contributed by atoms with van der Waals surface area (Å²) in [5.41, 5.74) is 0. The molecule has 0 N–H and O–H groups in total. The summed E-state index contributed by atoms with van der Waals surface area (Å²) in [5, 5.41) is 0. The van der Waals surface area contributed by atoms with Crippen molar-refractivity contribution in [1.82, 2.24) is 0 Å². The normalized spacial score (nSPS) is 12.4. The maximum atomic E-state index is 11.2. The van der Waals surface area contributed by atoms with Crippen LogP contribution in [-0.4, -0.2) is 12.6 Å². The molecule has 2 heteroatoms. The third kappa shape index (κ3) is 10.0.